The van der Waals surface area contributed by atoms with Crippen molar-refractivity contribution in [1.82, 2.24) is 0 Å². The molecule has 0 bridgehead atoms. The Morgan fingerprint density at radius 3 is 2.32 bits per heavy atom. The summed E-state index contributed by atoms with van der Waals surface area (Å²) in [5.74, 6) is 1.09. The van der Waals surface area contributed by atoms with E-state index in [2.05, 4.69) is 38.1 Å². The predicted molar refractivity (Wildman–Crippen MR) is 81.1 cm³/mol. The van der Waals surface area contributed by atoms with Crippen molar-refractivity contribution < 1.29 is 5.11 Å². The minimum atomic E-state index is -0.673. The zero-order valence-electron chi connectivity index (χ0n) is 12.7. The van der Waals surface area contributed by atoms with E-state index >= 15 is 0 Å². The van der Waals surface area contributed by atoms with Gasteiger partial charge in [-0.25, -0.2) is 0 Å². The lowest BCUT2D eigenvalue weighted by Gasteiger charge is -2.41. The highest BCUT2D eigenvalue weighted by molar-refractivity contribution is 5.27. The van der Waals surface area contributed by atoms with Gasteiger partial charge in [0.15, 0.2) is 0 Å². The van der Waals surface area contributed by atoms with Crippen LogP contribution in [-0.4, -0.2) is 5.11 Å². The van der Waals surface area contributed by atoms with Gasteiger partial charge < -0.3 is 5.11 Å². The standard InChI is InChI=1S/C18H28O/c1-4-14-10-12-16(13-11-14)18(3,19)17-9-7-6-8-15(17)5-2/h10-13,15,17,19H,4-9H2,1-3H3. The Morgan fingerprint density at radius 2 is 1.74 bits per heavy atom. The fourth-order valence-electron chi connectivity index (χ4n) is 3.73. The molecule has 1 aromatic carbocycles. The van der Waals surface area contributed by atoms with Gasteiger partial charge in [0, 0.05) is 0 Å². The van der Waals surface area contributed by atoms with Crippen molar-refractivity contribution in [1.29, 1.82) is 0 Å². The van der Waals surface area contributed by atoms with E-state index in [4.69, 9.17) is 0 Å². The minimum Gasteiger partial charge on any atom is -0.385 e. The number of hydrogen-bond acceptors (Lipinski definition) is 1. The molecule has 19 heavy (non-hydrogen) atoms. The van der Waals surface area contributed by atoms with E-state index in [9.17, 15) is 5.11 Å². The Morgan fingerprint density at radius 1 is 1.11 bits per heavy atom. The Kier molecular flexibility index (Phi) is 4.67. The molecule has 1 heteroatoms. The summed E-state index contributed by atoms with van der Waals surface area (Å²) in [5.41, 5.74) is 1.76. The molecule has 0 aromatic heterocycles. The second-order valence-corrected chi connectivity index (χ2v) is 6.26. The lowest BCUT2D eigenvalue weighted by molar-refractivity contribution is -0.0489. The highest BCUT2D eigenvalue weighted by atomic mass is 16.3. The Bertz CT molecular complexity index is 391. The van der Waals surface area contributed by atoms with E-state index in [-0.39, 0.29) is 0 Å². The first-order valence-electron chi connectivity index (χ1n) is 7.91. The largest absolute Gasteiger partial charge is 0.385 e. The second-order valence-electron chi connectivity index (χ2n) is 6.26. The molecule has 1 aromatic rings. The van der Waals surface area contributed by atoms with Crippen LogP contribution in [0.1, 0.15) is 64.0 Å². The summed E-state index contributed by atoms with van der Waals surface area (Å²) in [6.07, 6.45) is 7.30. The van der Waals surface area contributed by atoms with Crippen molar-refractivity contribution in [3.05, 3.63) is 35.4 Å². The first-order valence-corrected chi connectivity index (χ1v) is 7.91. The molecule has 0 heterocycles. The van der Waals surface area contributed by atoms with Crippen molar-refractivity contribution in [2.24, 2.45) is 11.8 Å². The van der Waals surface area contributed by atoms with Gasteiger partial charge in [-0.2, -0.15) is 0 Å². The smallest absolute Gasteiger partial charge is 0.0899 e. The van der Waals surface area contributed by atoms with Crippen LogP contribution in [-0.2, 0) is 12.0 Å². The molecule has 106 valence electrons. The van der Waals surface area contributed by atoms with Gasteiger partial charge in [0.05, 0.1) is 5.60 Å². The Labute approximate surface area is 118 Å². The molecule has 1 nitrogen and oxygen atoms in total. The van der Waals surface area contributed by atoms with Crippen molar-refractivity contribution in [3.63, 3.8) is 0 Å². The van der Waals surface area contributed by atoms with Crippen molar-refractivity contribution in [2.75, 3.05) is 0 Å². The third-order valence-electron chi connectivity index (χ3n) is 5.10. The number of rotatable bonds is 4. The minimum absolute atomic E-state index is 0.415. The molecule has 1 saturated carbocycles. The first kappa shape index (κ1) is 14.6. The molecule has 1 N–H and O–H groups in total. The summed E-state index contributed by atoms with van der Waals surface area (Å²) in [5, 5.41) is 11.1. The molecule has 0 saturated heterocycles. The zero-order valence-corrected chi connectivity index (χ0v) is 12.7. The van der Waals surface area contributed by atoms with E-state index in [1.54, 1.807) is 0 Å². The third-order valence-corrected chi connectivity index (χ3v) is 5.10. The maximum atomic E-state index is 11.1. The van der Waals surface area contributed by atoms with Crippen LogP contribution in [0, 0.1) is 11.8 Å². The van der Waals surface area contributed by atoms with Crippen LogP contribution in [0.5, 0.6) is 0 Å². The first-order chi connectivity index (χ1) is 9.09. The topological polar surface area (TPSA) is 20.2 Å². The van der Waals surface area contributed by atoms with Gasteiger partial charge >= 0.3 is 0 Å². The van der Waals surface area contributed by atoms with Crippen LogP contribution in [0.2, 0.25) is 0 Å². The fourth-order valence-corrected chi connectivity index (χ4v) is 3.73. The van der Waals surface area contributed by atoms with Gasteiger partial charge in [-0.05, 0) is 42.7 Å². The summed E-state index contributed by atoms with van der Waals surface area (Å²) in [6.45, 7) is 6.45. The summed E-state index contributed by atoms with van der Waals surface area (Å²) in [6, 6.07) is 8.57. The SMILES string of the molecule is CCc1ccc(C(C)(O)C2CCCCC2CC)cc1. The third kappa shape index (κ3) is 3.02. The molecule has 0 amide bonds. The number of benzene rings is 1. The summed E-state index contributed by atoms with van der Waals surface area (Å²) >= 11 is 0. The fraction of sp³-hybridized carbons (Fsp3) is 0.667. The summed E-state index contributed by atoms with van der Waals surface area (Å²) in [4.78, 5) is 0. The number of aryl methyl sites for hydroxylation is 1. The van der Waals surface area contributed by atoms with Crippen molar-refractivity contribution in [2.45, 2.75) is 64.9 Å². The maximum absolute atomic E-state index is 11.1. The zero-order chi connectivity index (χ0) is 13.9. The van der Waals surface area contributed by atoms with Crippen molar-refractivity contribution in [3.8, 4) is 0 Å². The summed E-state index contributed by atoms with van der Waals surface area (Å²) in [7, 11) is 0. The molecule has 0 aliphatic heterocycles. The van der Waals surface area contributed by atoms with E-state index < -0.39 is 5.60 Å². The van der Waals surface area contributed by atoms with Crippen LogP contribution < -0.4 is 0 Å². The Balaban J connectivity index is 2.23. The van der Waals surface area contributed by atoms with E-state index in [0.717, 1.165) is 12.0 Å². The normalized spacial score (nSPS) is 26.9. The van der Waals surface area contributed by atoms with Crippen LogP contribution in [0.4, 0.5) is 0 Å². The molecule has 0 radical (unpaired) electrons. The van der Waals surface area contributed by atoms with Gasteiger partial charge in [-0.1, -0.05) is 63.8 Å². The van der Waals surface area contributed by atoms with E-state index in [1.165, 1.54) is 37.7 Å². The van der Waals surface area contributed by atoms with Gasteiger partial charge in [0.2, 0.25) is 0 Å². The van der Waals surface area contributed by atoms with Gasteiger partial charge in [0.25, 0.3) is 0 Å². The lowest BCUT2D eigenvalue weighted by Crippen LogP contribution is -2.38. The van der Waals surface area contributed by atoms with E-state index in [0.29, 0.717) is 11.8 Å². The molecule has 1 fully saturated rings. The van der Waals surface area contributed by atoms with Gasteiger partial charge in [0.1, 0.15) is 0 Å². The maximum Gasteiger partial charge on any atom is 0.0899 e. The molecule has 1 aliphatic carbocycles. The van der Waals surface area contributed by atoms with Crippen LogP contribution in [0.25, 0.3) is 0 Å². The summed E-state index contributed by atoms with van der Waals surface area (Å²) < 4.78 is 0. The molecule has 2 rings (SSSR count). The number of aliphatic hydroxyl groups is 1. The average molecular weight is 260 g/mol. The van der Waals surface area contributed by atoms with Gasteiger partial charge in [-0.15, -0.1) is 0 Å². The van der Waals surface area contributed by atoms with Crippen LogP contribution in [0.3, 0.4) is 0 Å². The van der Waals surface area contributed by atoms with Gasteiger partial charge in [-0.3, -0.25) is 0 Å². The highest BCUT2D eigenvalue weighted by Crippen LogP contribution is 2.43. The average Bonchev–Trinajstić information content (AvgIpc) is 2.47. The second kappa shape index (κ2) is 6.09. The lowest BCUT2D eigenvalue weighted by atomic mass is 9.67. The molecular weight excluding hydrogens is 232 g/mol. The van der Waals surface area contributed by atoms with Crippen LogP contribution in [0.15, 0.2) is 24.3 Å². The Hall–Kier alpha value is -0.820. The van der Waals surface area contributed by atoms with Crippen LogP contribution >= 0.6 is 0 Å². The predicted octanol–water partition coefficient (Wildman–Crippen LogP) is 4.67. The molecule has 3 unspecified atom stereocenters. The molecule has 0 spiro atoms. The molecular formula is C18H28O. The monoisotopic (exact) mass is 260 g/mol. The molecule has 1 aliphatic rings. The molecule has 3 atom stereocenters. The van der Waals surface area contributed by atoms with Crippen molar-refractivity contribution >= 4 is 0 Å². The number of hydrogen-bond donors (Lipinski definition) is 1. The highest BCUT2D eigenvalue weighted by Gasteiger charge is 2.39. The van der Waals surface area contributed by atoms with E-state index in [1.807, 2.05) is 6.92 Å². The quantitative estimate of drug-likeness (QED) is 0.834.